The lowest BCUT2D eigenvalue weighted by Gasteiger charge is -2.20. The first-order valence-electron chi connectivity index (χ1n) is 7.28. The lowest BCUT2D eigenvalue weighted by atomic mass is 10.1. The van der Waals surface area contributed by atoms with Gasteiger partial charge in [-0.15, -0.1) is 0 Å². The van der Waals surface area contributed by atoms with Crippen molar-refractivity contribution in [3.63, 3.8) is 0 Å². The number of hydrogen-bond donors (Lipinski definition) is 1. The quantitative estimate of drug-likeness (QED) is 0.878. The highest BCUT2D eigenvalue weighted by atomic mass is 19.1. The van der Waals surface area contributed by atoms with Crippen molar-refractivity contribution < 1.29 is 4.39 Å². The molecule has 0 amide bonds. The number of anilines is 1. The molecule has 0 bridgehead atoms. The van der Waals surface area contributed by atoms with Crippen molar-refractivity contribution in [2.75, 3.05) is 31.1 Å². The minimum absolute atomic E-state index is 0.0872. The summed E-state index contributed by atoms with van der Waals surface area (Å²) in [5.41, 5.74) is 1.74. The summed E-state index contributed by atoms with van der Waals surface area (Å²) in [5, 5.41) is 3.50. The van der Waals surface area contributed by atoms with Gasteiger partial charge >= 0.3 is 0 Å². The van der Waals surface area contributed by atoms with E-state index in [0.717, 1.165) is 43.9 Å². The summed E-state index contributed by atoms with van der Waals surface area (Å²) < 4.78 is 13.9. The summed E-state index contributed by atoms with van der Waals surface area (Å²) in [6.45, 7) is 10.4. The van der Waals surface area contributed by atoms with E-state index < -0.39 is 0 Å². The lowest BCUT2D eigenvalue weighted by Crippen LogP contribution is -2.29. The Hall–Kier alpha value is -1.09. The zero-order valence-electron chi connectivity index (χ0n) is 12.2. The maximum absolute atomic E-state index is 13.9. The molecule has 3 heteroatoms. The molecule has 1 heterocycles. The summed E-state index contributed by atoms with van der Waals surface area (Å²) in [7, 11) is 0. The fraction of sp³-hybridized carbons (Fsp3) is 0.625. The molecule has 2 nitrogen and oxygen atoms in total. The highest BCUT2D eigenvalue weighted by Crippen LogP contribution is 2.26. The molecule has 0 spiro atoms. The lowest BCUT2D eigenvalue weighted by molar-refractivity contribution is 0.477. The van der Waals surface area contributed by atoms with Gasteiger partial charge in [0, 0.05) is 13.1 Å². The summed E-state index contributed by atoms with van der Waals surface area (Å²) in [6.07, 6.45) is 1.15. The average molecular weight is 264 g/mol. The van der Waals surface area contributed by atoms with E-state index in [1.165, 1.54) is 0 Å². The standard InChI is InChI=1S/C16H25FN2/c1-12(2)9-18-10-14-6-7-19(11-14)16-5-4-13(3)8-15(16)17/h4-5,8,12,14,18H,6-7,9-11H2,1-3H3. The maximum atomic E-state index is 13.9. The van der Waals surface area contributed by atoms with E-state index in [4.69, 9.17) is 0 Å². The van der Waals surface area contributed by atoms with Gasteiger partial charge in [0.05, 0.1) is 5.69 Å². The summed E-state index contributed by atoms with van der Waals surface area (Å²) in [4.78, 5) is 2.18. The molecule has 0 saturated carbocycles. The average Bonchev–Trinajstić information content (AvgIpc) is 2.77. The molecule has 1 aromatic rings. The van der Waals surface area contributed by atoms with Crippen LogP contribution in [0.25, 0.3) is 0 Å². The number of rotatable bonds is 5. The highest BCUT2D eigenvalue weighted by molar-refractivity contribution is 5.49. The first kappa shape index (κ1) is 14.3. The van der Waals surface area contributed by atoms with Crippen LogP contribution in [-0.4, -0.2) is 26.2 Å². The zero-order chi connectivity index (χ0) is 13.8. The van der Waals surface area contributed by atoms with Gasteiger partial charge in [-0.3, -0.25) is 0 Å². The molecule has 106 valence electrons. The molecule has 1 unspecified atom stereocenters. The van der Waals surface area contributed by atoms with Crippen LogP contribution in [0.3, 0.4) is 0 Å². The Morgan fingerprint density at radius 1 is 1.42 bits per heavy atom. The molecule has 0 radical (unpaired) electrons. The molecule has 1 N–H and O–H groups in total. The van der Waals surface area contributed by atoms with Crippen molar-refractivity contribution in [3.05, 3.63) is 29.6 Å². The van der Waals surface area contributed by atoms with E-state index in [1.54, 1.807) is 6.07 Å². The van der Waals surface area contributed by atoms with E-state index in [1.807, 2.05) is 19.1 Å². The molecule has 0 aliphatic carbocycles. The van der Waals surface area contributed by atoms with Gasteiger partial charge in [-0.25, -0.2) is 4.39 Å². The molecule has 1 atom stereocenters. The number of hydrogen-bond acceptors (Lipinski definition) is 2. The van der Waals surface area contributed by atoms with Crippen LogP contribution in [0.5, 0.6) is 0 Å². The fourth-order valence-electron chi connectivity index (χ4n) is 2.66. The van der Waals surface area contributed by atoms with E-state index in [9.17, 15) is 4.39 Å². The van der Waals surface area contributed by atoms with Crippen molar-refractivity contribution in [1.29, 1.82) is 0 Å². The van der Waals surface area contributed by atoms with Crippen molar-refractivity contribution in [1.82, 2.24) is 5.32 Å². The second-order valence-corrected chi connectivity index (χ2v) is 6.11. The maximum Gasteiger partial charge on any atom is 0.146 e. The van der Waals surface area contributed by atoms with E-state index in [-0.39, 0.29) is 5.82 Å². The number of nitrogens with zero attached hydrogens (tertiary/aromatic N) is 1. The Morgan fingerprint density at radius 2 is 2.21 bits per heavy atom. The third kappa shape index (κ3) is 3.93. The van der Waals surface area contributed by atoms with Gasteiger partial charge < -0.3 is 10.2 Å². The normalized spacial score (nSPS) is 19.4. The molecular formula is C16H25FN2. The van der Waals surface area contributed by atoms with Gasteiger partial charge in [0.25, 0.3) is 0 Å². The molecule has 1 aromatic carbocycles. The first-order chi connectivity index (χ1) is 9.06. The Kier molecular flexibility index (Phi) is 4.81. The topological polar surface area (TPSA) is 15.3 Å². The number of nitrogens with one attached hydrogen (secondary N) is 1. The predicted octanol–water partition coefficient (Wildman–Crippen LogP) is 3.21. The first-order valence-corrected chi connectivity index (χ1v) is 7.28. The molecule has 1 aliphatic heterocycles. The fourth-order valence-corrected chi connectivity index (χ4v) is 2.66. The SMILES string of the molecule is Cc1ccc(N2CCC(CNCC(C)C)C2)c(F)c1. The Morgan fingerprint density at radius 3 is 2.89 bits per heavy atom. The second-order valence-electron chi connectivity index (χ2n) is 6.11. The van der Waals surface area contributed by atoms with Gasteiger partial charge in [0.1, 0.15) is 5.82 Å². The molecule has 19 heavy (non-hydrogen) atoms. The summed E-state index contributed by atoms with van der Waals surface area (Å²) in [6, 6.07) is 5.52. The van der Waals surface area contributed by atoms with Crippen molar-refractivity contribution in [2.45, 2.75) is 27.2 Å². The Bertz CT molecular complexity index is 417. The Balaban J connectivity index is 1.87. The molecule has 1 saturated heterocycles. The van der Waals surface area contributed by atoms with Crippen molar-refractivity contribution in [3.8, 4) is 0 Å². The van der Waals surface area contributed by atoms with Gasteiger partial charge in [-0.1, -0.05) is 19.9 Å². The number of aryl methyl sites for hydroxylation is 1. The van der Waals surface area contributed by atoms with Gasteiger partial charge in [0.2, 0.25) is 0 Å². The summed E-state index contributed by atoms with van der Waals surface area (Å²) >= 11 is 0. The molecule has 1 aliphatic rings. The number of halogens is 1. The van der Waals surface area contributed by atoms with Crippen LogP contribution in [0.2, 0.25) is 0 Å². The Labute approximate surface area is 116 Å². The smallest absolute Gasteiger partial charge is 0.146 e. The third-order valence-corrected chi connectivity index (χ3v) is 3.72. The minimum atomic E-state index is -0.0872. The van der Waals surface area contributed by atoms with Crippen LogP contribution in [0.4, 0.5) is 10.1 Å². The second kappa shape index (κ2) is 6.38. The van der Waals surface area contributed by atoms with Gasteiger partial charge in [-0.05, 0) is 56.0 Å². The van der Waals surface area contributed by atoms with Crippen LogP contribution < -0.4 is 10.2 Å². The van der Waals surface area contributed by atoms with E-state index in [2.05, 4.69) is 24.1 Å². The highest BCUT2D eigenvalue weighted by Gasteiger charge is 2.24. The van der Waals surface area contributed by atoms with Crippen molar-refractivity contribution >= 4 is 5.69 Å². The monoisotopic (exact) mass is 264 g/mol. The van der Waals surface area contributed by atoms with Gasteiger partial charge in [-0.2, -0.15) is 0 Å². The summed E-state index contributed by atoms with van der Waals surface area (Å²) in [5.74, 6) is 1.24. The van der Waals surface area contributed by atoms with Crippen LogP contribution in [0.1, 0.15) is 25.8 Å². The van der Waals surface area contributed by atoms with E-state index in [0.29, 0.717) is 11.8 Å². The van der Waals surface area contributed by atoms with E-state index >= 15 is 0 Å². The van der Waals surface area contributed by atoms with Crippen LogP contribution >= 0.6 is 0 Å². The molecule has 2 rings (SSSR count). The predicted molar refractivity (Wildman–Crippen MR) is 79.2 cm³/mol. The van der Waals surface area contributed by atoms with Crippen LogP contribution in [-0.2, 0) is 0 Å². The molecule has 1 fully saturated rings. The zero-order valence-corrected chi connectivity index (χ0v) is 12.2. The van der Waals surface area contributed by atoms with Crippen LogP contribution in [0.15, 0.2) is 18.2 Å². The van der Waals surface area contributed by atoms with Crippen molar-refractivity contribution in [2.24, 2.45) is 11.8 Å². The minimum Gasteiger partial charge on any atom is -0.369 e. The van der Waals surface area contributed by atoms with Crippen LogP contribution in [0, 0.1) is 24.6 Å². The molecule has 0 aromatic heterocycles. The number of benzene rings is 1. The third-order valence-electron chi connectivity index (χ3n) is 3.72. The van der Waals surface area contributed by atoms with Gasteiger partial charge in [0.15, 0.2) is 0 Å². The largest absolute Gasteiger partial charge is 0.369 e. The molecular weight excluding hydrogens is 239 g/mol.